The average molecular weight is 359 g/mol. The summed E-state index contributed by atoms with van der Waals surface area (Å²) in [7, 11) is 0. The van der Waals surface area contributed by atoms with Crippen LogP contribution in [0.1, 0.15) is 96.3 Å². The highest BCUT2D eigenvalue weighted by molar-refractivity contribution is 4.98. The SMILES string of the molecule is OCCC1(CCO)CCCCCCCCCCCC1(CCO)CCO. The molecule has 1 saturated carbocycles. The van der Waals surface area contributed by atoms with Gasteiger partial charge in [-0.25, -0.2) is 0 Å². The first kappa shape index (κ1) is 22.9. The van der Waals surface area contributed by atoms with Crippen LogP contribution in [-0.4, -0.2) is 46.9 Å². The standard InChI is InChI=1S/C21H42O4/c22-16-12-20(13-17-23)10-8-6-4-2-1-3-5-7-9-11-21(20,14-18-24)15-19-25/h22-25H,1-19H2. The molecule has 1 aliphatic carbocycles. The molecule has 4 nitrogen and oxygen atoms in total. The maximum absolute atomic E-state index is 9.81. The van der Waals surface area contributed by atoms with Gasteiger partial charge in [-0.1, -0.05) is 57.8 Å². The van der Waals surface area contributed by atoms with Crippen LogP contribution < -0.4 is 0 Å². The van der Waals surface area contributed by atoms with Crippen molar-refractivity contribution >= 4 is 0 Å². The summed E-state index contributed by atoms with van der Waals surface area (Å²) in [6.07, 6.45) is 15.7. The zero-order chi connectivity index (χ0) is 18.4. The first-order chi connectivity index (χ1) is 12.2. The monoisotopic (exact) mass is 358 g/mol. The van der Waals surface area contributed by atoms with Crippen molar-refractivity contribution in [3.8, 4) is 0 Å². The van der Waals surface area contributed by atoms with Crippen LogP contribution in [0.2, 0.25) is 0 Å². The Morgan fingerprint density at radius 3 is 0.880 bits per heavy atom. The number of hydrogen-bond acceptors (Lipinski definition) is 4. The molecule has 25 heavy (non-hydrogen) atoms. The number of hydrogen-bond donors (Lipinski definition) is 4. The minimum absolute atomic E-state index is 0.110. The van der Waals surface area contributed by atoms with E-state index in [4.69, 9.17) is 0 Å². The molecule has 1 rings (SSSR count). The molecule has 0 aromatic carbocycles. The van der Waals surface area contributed by atoms with E-state index in [9.17, 15) is 20.4 Å². The van der Waals surface area contributed by atoms with Crippen molar-refractivity contribution in [3.05, 3.63) is 0 Å². The number of aliphatic hydroxyl groups is 4. The predicted molar refractivity (Wildman–Crippen MR) is 102 cm³/mol. The first-order valence-corrected chi connectivity index (χ1v) is 10.6. The van der Waals surface area contributed by atoms with Crippen LogP contribution in [0.15, 0.2) is 0 Å². The van der Waals surface area contributed by atoms with Crippen LogP contribution in [0.25, 0.3) is 0 Å². The first-order valence-electron chi connectivity index (χ1n) is 10.6. The van der Waals surface area contributed by atoms with Crippen molar-refractivity contribution < 1.29 is 20.4 Å². The molecule has 0 unspecified atom stereocenters. The van der Waals surface area contributed by atoms with Gasteiger partial charge in [0.05, 0.1) is 0 Å². The molecule has 0 spiro atoms. The second kappa shape index (κ2) is 13.1. The maximum Gasteiger partial charge on any atom is 0.0436 e. The van der Waals surface area contributed by atoms with Crippen molar-refractivity contribution in [1.82, 2.24) is 0 Å². The second-order valence-electron chi connectivity index (χ2n) is 8.14. The lowest BCUT2D eigenvalue weighted by molar-refractivity contribution is -0.0600. The van der Waals surface area contributed by atoms with Gasteiger partial charge < -0.3 is 20.4 Å². The van der Waals surface area contributed by atoms with E-state index in [1.165, 1.54) is 44.9 Å². The summed E-state index contributed by atoms with van der Waals surface area (Å²) < 4.78 is 0. The molecule has 0 aliphatic heterocycles. The zero-order valence-electron chi connectivity index (χ0n) is 16.2. The molecule has 0 radical (unpaired) electrons. The van der Waals surface area contributed by atoms with Crippen molar-refractivity contribution in [2.75, 3.05) is 26.4 Å². The largest absolute Gasteiger partial charge is 0.396 e. The summed E-state index contributed by atoms with van der Waals surface area (Å²) in [6.45, 7) is 0.439. The van der Waals surface area contributed by atoms with Gasteiger partial charge in [0.2, 0.25) is 0 Å². The van der Waals surface area contributed by atoms with Gasteiger partial charge >= 0.3 is 0 Å². The second-order valence-corrected chi connectivity index (χ2v) is 8.14. The summed E-state index contributed by atoms with van der Waals surface area (Å²) in [6, 6.07) is 0. The van der Waals surface area contributed by atoms with Crippen LogP contribution in [0.4, 0.5) is 0 Å². The average Bonchev–Trinajstić information content (AvgIpc) is 2.60. The van der Waals surface area contributed by atoms with Gasteiger partial charge in [0, 0.05) is 26.4 Å². The number of rotatable bonds is 8. The molecule has 4 N–H and O–H groups in total. The zero-order valence-corrected chi connectivity index (χ0v) is 16.2. The van der Waals surface area contributed by atoms with Crippen LogP contribution in [0, 0.1) is 10.8 Å². The molecule has 0 amide bonds. The summed E-state index contributed by atoms with van der Waals surface area (Å²) >= 11 is 0. The fourth-order valence-corrected chi connectivity index (χ4v) is 5.36. The van der Waals surface area contributed by atoms with E-state index in [1.54, 1.807) is 0 Å². The Bertz CT molecular complexity index is 277. The summed E-state index contributed by atoms with van der Waals surface area (Å²) in [5.41, 5.74) is -0.369. The van der Waals surface area contributed by atoms with Gasteiger partial charge in [-0.05, 0) is 49.4 Å². The van der Waals surface area contributed by atoms with E-state index in [2.05, 4.69) is 0 Å². The number of aliphatic hydroxyl groups excluding tert-OH is 4. The lowest BCUT2D eigenvalue weighted by atomic mass is 9.53. The van der Waals surface area contributed by atoms with Crippen LogP contribution in [0.5, 0.6) is 0 Å². The molecule has 0 heterocycles. The van der Waals surface area contributed by atoms with Crippen LogP contribution in [0.3, 0.4) is 0 Å². The van der Waals surface area contributed by atoms with Crippen molar-refractivity contribution in [2.45, 2.75) is 96.3 Å². The molecule has 0 aromatic rings. The van der Waals surface area contributed by atoms with Gasteiger partial charge in [-0.15, -0.1) is 0 Å². The highest BCUT2D eigenvalue weighted by atomic mass is 16.3. The Balaban J connectivity index is 3.14. The maximum atomic E-state index is 9.81. The molecule has 0 bridgehead atoms. The Labute approximate surface area is 154 Å². The van der Waals surface area contributed by atoms with E-state index < -0.39 is 0 Å². The smallest absolute Gasteiger partial charge is 0.0436 e. The quantitative estimate of drug-likeness (QED) is 0.532. The van der Waals surface area contributed by atoms with Crippen molar-refractivity contribution in [3.63, 3.8) is 0 Å². The molecule has 0 aromatic heterocycles. The Hall–Kier alpha value is -0.160. The lowest BCUT2D eigenvalue weighted by Crippen LogP contribution is -2.45. The fraction of sp³-hybridized carbons (Fsp3) is 1.00. The molecule has 0 atom stereocenters. The van der Waals surface area contributed by atoms with E-state index in [1.807, 2.05) is 0 Å². The van der Waals surface area contributed by atoms with Gasteiger partial charge in [0.25, 0.3) is 0 Å². The van der Waals surface area contributed by atoms with Gasteiger partial charge in [-0.2, -0.15) is 0 Å². The van der Waals surface area contributed by atoms with Crippen LogP contribution >= 0.6 is 0 Å². The summed E-state index contributed by atoms with van der Waals surface area (Å²) in [5.74, 6) is 0. The van der Waals surface area contributed by atoms with Crippen molar-refractivity contribution in [2.24, 2.45) is 10.8 Å². The third kappa shape index (κ3) is 6.82. The Morgan fingerprint density at radius 1 is 0.400 bits per heavy atom. The molecular weight excluding hydrogens is 316 g/mol. The predicted octanol–water partition coefficient (Wildman–Crippen LogP) is 3.79. The fourth-order valence-electron chi connectivity index (χ4n) is 5.36. The van der Waals surface area contributed by atoms with E-state index in [0.717, 1.165) is 25.7 Å². The highest BCUT2D eigenvalue weighted by Gasteiger charge is 2.48. The molecule has 1 fully saturated rings. The van der Waals surface area contributed by atoms with E-state index in [0.29, 0.717) is 25.7 Å². The van der Waals surface area contributed by atoms with Crippen molar-refractivity contribution in [1.29, 1.82) is 0 Å². The molecule has 0 saturated heterocycles. The lowest BCUT2D eigenvalue weighted by Gasteiger charge is -2.52. The van der Waals surface area contributed by atoms with E-state index in [-0.39, 0.29) is 37.3 Å². The molecule has 4 heteroatoms. The Morgan fingerprint density at radius 2 is 0.640 bits per heavy atom. The third-order valence-corrected chi connectivity index (χ3v) is 6.80. The van der Waals surface area contributed by atoms with E-state index >= 15 is 0 Å². The minimum atomic E-state index is -0.185. The topological polar surface area (TPSA) is 80.9 Å². The third-order valence-electron chi connectivity index (χ3n) is 6.80. The van der Waals surface area contributed by atoms with Gasteiger partial charge in [-0.3, -0.25) is 0 Å². The molecule has 150 valence electrons. The Kier molecular flexibility index (Phi) is 12.0. The molecular formula is C21H42O4. The summed E-state index contributed by atoms with van der Waals surface area (Å²) in [4.78, 5) is 0. The minimum Gasteiger partial charge on any atom is -0.396 e. The summed E-state index contributed by atoms with van der Waals surface area (Å²) in [5, 5.41) is 39.2. The van der Waals surface area contributed by atoms with Gasteiger partial charge in [0.1, 0.15) is 0 Å². The van der Waals surface area contributed by atoms with Crippen LogP contribution in [-0.2, 0) is 0 Å². The normalized spacial score (nSPS) is 22.6. The molecule has 1 aliphatic rings. The van der Waals surface area contributed by atoms with Gasteiger partial charge in [0.15, 0.2) is 0 Å². The highest BCUT2D eigenvalue weighted by Crippen LogP contribution is 2.56.